The number of amides is 2. The first-order valence-electron chi connectivity index (χ1n) is 9.60. The van der Waals surface area contributed by atoms with Crippen molar-refractivity contribution >= 4 is 23.5 Å². The van der Waals surface area contributed by atoms with Crippen LogP contribution >= 0.6 is 0 Å². The first-order chi connectivity index (χ1) is 13.5. The quantitative estimate of drug-likeness (QED) is 0.763. The van der Waals surface area contributed by atoms with Gasteiger partial charge in [0.25, 0.3) is 5.91 Å². The van der Waals surface area contributed by atoms with Crippen molar-refractivity contribution in [3.63, 3.8) is 0 Å². The van der Waals surface area contributed by atoms with Gasteiger partial charge in [-0.2, -0.15) is 0 Å². The van der Waals surface area contributed by atoms with Gasteiger partial charge in [-0.3, -0.25) is 14.4 Å². The number of aliphatic carboxylic acids is 1. The summed E-state index contributed by atoms with van der Waals surface area (Å²) in [5, 5.41) is 12.5. The first kappa shape index (κ1) is 18.7. The van der Waals surface area contributed by atoms with E-state index in [1.165, 1.54) is 0 Å². The molecule has 0 unspecified atom stereocenters. The van der Waals surface area contributed by atoms with Crippen molar-refractivity contribution < 1.29 is 29.0 Å². The first-order valence-corrected chi connectivity index (χ1v) is 9.60. The lowest BCUT2D eigenvalue weighted by atomic mass is 9.74. The summed E-state index contributed by atoms with van der Waals surface area (Å²) in [4.78, 5) is 37.8. The van der Waals surface area contributed by atoms with Crippen molar-refractivity contribution in [2.45, 2.75) is 19.3 Å². The third-order valence-electron chi connectivity index (χ3n) is 5.90. The number of carboxylic acids is 1. The highest BCUT2D eigenvalue weighted by Gasteiger charge is 2.54. The monoisotopic (exact) mass is 388 g/mol. The van der Waals surface area contributed by atoms with Crippen LogP contribution in [0.5, 0.6) is 5.75 Å². The highest BCUT2D eigenvalue weighted by molar-refractivity contribution is 5.94. The molecular weight excluding hydrogens is 364 g/mol. The third-order valence-corrected chi connectivity index (χ3v) is 5.90. The Labute approximate surface area is 162 Å². The normalized spacial score (nSPS) is 26.4. The van der Waals surface area contributed by atoms with Crippen molar-refractivity contribution in [3.8, 4) is 5.75 Å². The second-order valence-corrected chi connectivity index (χ2v) is 7.84. The van der Waals surface area contributed by atoms with E-state index in [0.717, 1.165) is 12.8 Å². The molecule has 0 aromatic heterocycles. The molecule has 1 aromatic rings. The number of benzene rings is 1. The summed E-state index contributed by atoms with van der Waals surface area (Å²) in [6, 6.07) is 6.93. The van der Waals surface area contributed by atoms with Crippen LogP contribution in [0, 0.1) is 17.3 Å². The number of likely N-dealkylation sites (tertiary alicyclic amines) is 1. The Hall–Kier alpha value is -2.61. The SMILES string of the molecule is O=C(Nc1cccc(OCC(=O)N2C[C@H]3COCC[C@@]3(C(=O)O)C2)c1)C1CC1. The van der Waals surface area contributed by atoms with Gasteiger partial charge >= 0.3 is 5.97 Å². The number of nitrogens with zero attached hydrogens (tertiary/aromatic N) is 1. The number of nitrogens with one attached hydrogen (secondary N) is 1. The Morgan fingerprint density at radius 3 is 2.86 bits per heavy atom. The van der Waals surface area contributed by atoms with Crippen LogP contribution in [0.1, 0.15) is 19.3 Å². The topological polar surface area (TPSA) is 105 Å². The molecule has 2 aliphatic heterocycles. The van der Waals surface area contributed by atoms with Crippen LogP contribution in [-0.4, -0.2) is 60.7 Å². The van der Waals surface area contributed by atoms with Crippen LogP contribution in [0.4, 0.5) is 5.69 Å². The Morgan fingerprint density at radius 2 is 2.14 bits per heavy atom. The van der Waals surface area contributed by atoms with Gasteiger partial charge in [-0.05, 0) is 31.4 Å². The van der Waals surface area contributed by atoms with Gasteiger partial charge in [0.2, 0.25) is 5.91 Å². The molecule has 2 atom stereocenters. The molecule has 1 aromatic carbocycles. The van der Waals surface area contributed by atoms with Crippen LogP contribution in [-0.2, 0) is 19.1 Å². The molecule has 8 nitrogen and oxygen atoms in total. The number of carbonyl (C=O) groups is 3. The maximum absolute atomic E-state index is 12.6. The summed E-state index contributed by atoms with van der Waals surface area (Å²) < 4.78 is 11.0. The van der Waals surface area contributed by atoms with E-state index in [-0.39, 0.29) is 36.8 Å². The van der Waals surface area contributed by atoms with Gasteiger partial charge in [-0.25, -0.2) is 0 Å². The minimum absolute atomic E-state index is 0.00841. The zero-order valence-corrected chi connectivity index (χ0v) is 15.6. The zero-order valence-electron chi connectivity index (χ0n) is 15.6. The number of hydrogen-bond donors (Lipinski definition) is 2. The van der Waals surface area contributed by atoms with Crippen molar-refractivity contribution in [3.05, 3.63) is 24.3 Å². The summed E-state index contributed by atoms with van der Waals surface area (Å²) >= 11 is 0. The molecule has 1 saturated carbocycles. The van der Waals surface area contributed by atoms with E-state index in [4.69, 9.17) is 9.47 Å². The number of anilines is 1. The molecule has 8 heteroatoms. The van der Waals surface area contributed by atoms with Gasteiger partial charge in [-0.1, -0.05) is 6.07 Å². The molecule has 1 aliphatic carbocycles. The number of fused-ring (bicyclic) bond motifs is 1. The second-order valence-electron chi connectivity index (χ2n) is 7.84. The van der Waals surface area contributed by atoms with E-state index in [0.29, 0.717) is 37.6 Å². The molecular formula is C20H24N2O6. The number of carboxylic acid groups (broad SMARTS) is 1. The Kier molecular flexibility index (Phi) is 4.97. The number of rotatable bonds is 6. The minimum Gasteiger partial charge on any atom is -0.484 e. The largest absolute Gasteiger partial charge is 0.484 e. The van der Waals surface area contributed by atoms with E-state index in [1.807, 2.05) is 0 Å². The van der Waals surface area contributed by atoms with Gasteiger partial charge in [0.05, 0.1) is 12.0 Å². The number of carbonyl (C=O) groups excluding carboxylic acids is 2. The van der Waals surface area contributed by atoms with Crippen molar-refractivity contribution in [2.75, 3.05) is 38.2 Å². The lowest BCUT2D eigenvalue weighted by Gasteiger charge is -2.33. The van der Waals surface area contributed by atoms with Gasteiger partial charge < -0.3 is 24.8 Å². The lowest BCUT2D eigenvalue weighted by Crippen LogP contribution is -2.45. The zero-order chi connectivity index (χ0) is 19.7. The maximum Gasteiger partial charge on any atom is 0.311 e. The molecule has 4 rings (SSSR count). The standard InChI is InChI=1S/C20H24N2O6/c23-17(22-9-14-10-27-7-6-20(14,12-22)19(25)26)11-28-16-3-1-2-15(8-16)21-18(24)13-4-5-13/h1-3,8,13-14H,4-7,9-12H2,(H,21,24)(H,25,26)/t14-,20+/m0/s1. The fraction of sp³-hybridized carbons (Fsp3) is 0.550. The van der Waals surface area contributed by atoms with Crippen molar-refractivity contribution in [1.82, 2.24) is 4.90 Å². The summed E-state index contributed by atoms with van der Waals surface area (Å²) in [6.45, 7) is 1.14. The van der Waals surface area contributed by atoms with E-state index < -0.39 is 11.4 Å². The molecule has 0 bridgehead atoms. The second kappa shape index (κ2) is 7.43. The lowest BCUT2D eigenvalue weighted by molar-refractivity contribution is -0.157. The van der Waals surface area contributed by atoms with Crippen LogP contribution in [0.3, 0.4) is 0 Å². The Balaban J connectivity index is 1.34. The van der Waals surface area contributed by atoms with Crippen LogP contribution in [0.25, 0.3) is 0 Å². The summed E-state index contributed by atoms with van der Waals surface area (Å²) in [7, 11) is 0. The average molecular weight is 388 g/mol. The molecule has 2 N–H and O–H groups in total. The van der Waals surface area contributed by atoms with Gasteiger partial charge in [0.15, 0.2) is 6.61 Å². The highest BCUT2D eigenvalue weighted by atomic mass is 16.5. The van der Waals surface area contributed by atoms with Crippen LogP contribution < -0.4 is 10.1 Å². The predicted octanol–water partition coefficient (Wildman–Crippen LogP) is 1.36. The van der Waals surface area contributed by atoms with Gasteiger partial charge in [-0.15, -0.1) is 0 Å². The predicted molar refractivity (Wildman–Crippen MR) is 98.9 cm³/mol. The third kappa shape index (κ3) is 3.69. The van der Waals surface area contributed by atoms with Gasteiger partial charge in [0.1, 0.15) is 5.75 Å². The van der Waals surface area contributed by atoms with Crippen LogP contribution in [0.2, 0.25) is 0 Å². The molecule has 0 spiro atoms. The molecule has 28 heavy (non-hydrogen) atoms. The summed E-state index contributed by atoms with van der Waals surface area (Å²) in [5.41, 5.74) is -0.281. The number of ether oxygens (including phenoxy) is 2. The summed E-state index contributed by atoms with van der Waals surface area (Å²) in [5.74, 6) is -0.707. The Bertz CT molecular complexity index is 793. The molecule has 0 radical (unpaired) electrons. The fourth-order valence-electron chi connectivity index (χ4n) is 3.98. The molecule has 150 valence electrons. The van der Waals surface area contributed by atoms with Crippen molar-refractivity contribution in [1.29, 1.82) is 0 Å². The summed E-state index contributed by atoms with van der Waals surface area (Å²) in [6.07, 6.45) is 2.27. The van der Waals surface area contributed by atoms with E-state index in [1.54, 1.807) is 29.2 Å². The highest BCUT2D eigenvalue weighted by Crippen LogP contribution is 2.42. The Morgan fingerprint density at radius 1 is 1.32 bits per heavy atom. The van der Waals surface area contributed by atoms with Gasteiger partial charge in [0, 0.05) is 43.3 Å². The number of hydrogen-bond acceptors (Lipinski definition) is 5. The van der Waals surface area contributed by atoms with E-state index in [9.17, 15) is 19.5 Å². The van der Waals surface area contributed by atoms with E-state index >= 15 is 0 Å². The average Bonchev–Trinajstić information content (AvgIpc) is 3.46. The molecule has 2 heterocycles. The minimum atomic E-state index is -0.916. The molecule has 2 saturated heterocycles. The molecule has 3 fully saturated rings. The molecule has 3 aliphatic rings. The smallest absolute Gasteiger partial charge is 0.311 e. The van der Waals surface area contributed by atoms with E-state index in [2.05, 4.69) is 5.32 Å². The maximum atomic E-state index is 12.6. The van der Waals surface area contributed by atoms with Crippen LogP contribution in [0.15, 0.2) is 24.3 Å². The fourth-order valence-corrected chi connectivity index (χ4v) is 3.98. The van der Waals surface area contributed by atoms with Crippen molar-refractivity contribution in [2.24, 2.45) is 17.3 Å². The molecule has 2 amide bonds.